The van der Waals surface area contributed by atoms with Crippen molar-refractivity contribution in [2.75, 3.05) is 0 Å². The second-order valence-corrected chi connectivity index (χ2v) is 6.77. The van der Waals surface area contributed by atoms with Crippen molar-refractivity contribution in [3.05, 3.63) is 37.2 Å². The summed E-state index contributed by atoms with van der Waals surface area (Å²) in [6.45, 7) is 1.73. The van der Waals surface area contributed by atoms with Crippen molar-refractivity contribution in [3.8, 4) is 0 Å². The number of nitrogens with zero attached hydrogens (tertiary/aromatic N) is 2. The van der Waals surface area contributed by atoms with Crippen molar-refractivity contribution in [1.29, 1.82) is 0 Å². The number of hydrogen-bond acceptors (Lipinski definition) is 3. The van der Waals surface area contributed by atoms with Gasteiger partial charge < -0.3 is 5.32 Å². The van der Waals surface area contributed by atoms with E-state index in [1.807, 2.05) is 24.1 Å². The van der Waals surface area contributed by atoms with E-state index in [-0.39, 0.29) is 0 Å². The van der Waals surface area contributed by atoms with Crippen molar-refractivity contribution < 1.29 is 0 Å². The number of aryl methyl sites for hydroxylation is 1. The van der Waals surface area contributed by atoms with E-state index in [0.717, 1.165) is 21.3 Å². The molecule has 0 aromatic carbocycles. The van der Waals surface area contributed by atoms with E-state index >= 15 is 0 Å². The van der Waals surface area contributed by atoms with Gasteiger partial charge in [-0.15, -0.1) is 11.3 Å². The van der Waals surface area contributed by atoms with Crippen LogP contribution >= 0.6 is 43.2 Å². The molecule has 0 aliphatic carbocycles. The maximum atomic E-state index is 4.12. The van der Waals surface area contributed by atoms with E-state index in [2.05, 4.69) is 48.3 Å². The quantitative estimate of drug-likeness (QED) is 0.901. The van der Waals surface area contributed by atoms with Gasteiger partial charge in [0, 0.05) is 41.2 Å². The highest BCUT2D eigenvalue weighted by molar-refractivity contribution is 9.13. The molecular weight excluding hydrogens is 354 g/mol. The predicted molar refractivity (Wildman–Crippen MR) is 73.5 cm³/mol. The summed E-state index contributed by atoms with van der Waals surface area (Å²) < 4.78 is 4.08. The Morgan fingerprint density at radius 3 is 2.81 bits per heavy atom. The van der Waals surface area contributed by atoms with E-state index in [9.17, 15) is 0 Å². The van der Waals surface area contributed by atoms with Crippen molar-refractivity contribution in [3.63, 3.8) is 0 Å². The van der Waals surface area contributed by atoms with Crippen LogP contribution < -0.4 is 5.32 Å². The summed E-state index contributed by atoms with van der Waals surface area (Å²) in [4.78, 5) is 1.31. The zero-order valence-corrected chi connectivity index (χ0v) is 12.7. The van der Waals surface area contributed by atoms with Crippen molar-refractivity contribution in [2.24, 2.45) is 7.05 Å². The summed E-state index contributed by atoms with van der Waals surface area (Å²) in [7, 11) is 1.93. The van der Waals surface area contributed by atoms with Gasteiger partial charge in [0.2, 0.25) is 0 Å². The fourth-order valence-electron chi connectivity index (χ4n) is 1.37. The van der Waals surface area contributed by atoms with Crippen LogP contribution in [0.1, 0.15) is 10.4 Å². The molecule has 0 amide bonds. The predicted octanol–water partition coefficient (Wildman–Crippen LogP) is 3.30. The number of aromatic nitrogens is 2. The van der Waals surface area contributed by atoms with Crippen LogP contribution in [0.25, 0.3) is 0 Å². The maximum absolute atomic E-state index is 4.12. The summed E-state index contributed by atoms with van der Waals surface area (Å²) >= 11 is 8.71. The molecule has 0 spiro atoms. The number of rotatable bonds is 4. The average molecular weight is 365 g/mol. The summed E-state index contributed by atoms with van der Waals surface area (Å²) in [6, 6.07) is 2.13. The Hall–Kier alpha value is -0.170. The fraction of sp³-hybridized carbons (Fsp3) is 0.300. The molecule has 16 heavy (non-hydrogen) atoms. The molecule has 3 nitrogen and oxygen atoms in total. The molecular formula is C10H11Br2N3S. The van der Waals surface area contributed by atoms with Crippen LogP contribution in [0, 0.1) is 0 Å². The lowest BCUT2D eigenvalue weighted by atomic mass is 10.3. The molecule has 6 heteroatoms. The van der Waals surface area contributed by atoms with Gasteiger partial charge in [-0.05, 0) is 37.9 Å². The Morgan fingerprint density at radius 2 is 2.25 bits per heavy atom. The molecule has 2 heterocycles. The Kier molecular flexibility index (Phi) is 4.18. The number of thiophene rings is 1. The third kappa shape index (κ3) is 3.16. The zero-order chi connectivity index (χ0) is 11.5. The first-order valence-electron chi connectivity index (χ1n) is 4.77. The van der Waals surface area contributed by atoms with E-state index in [4.69, 9.17) is 0 Å². The van der Waals surface area contributed by atoms with E-state index in [1.165, 1.54) is 10.4 Å². The lowest BCUT2D eigenvalue weighted by Gasteiger charge is -1.99. The summed E-state index contributed by atoms with van der Waals surface area (Å²) in [6.07, 6.45) is 3.90. The Bertz CT molecular complexity index is 459. The third-order valence-corrected chi connectivity index (χ3v) is 5.34. The molecule has 0 atom stereocenters. The highest BCUT2D eigenvalue weighted by atomic mass is 79.9. The molecule has 0 aliphatic rings. The van der Waals surface area contributed by atoms with Gasteiger partial charge in [-0.3, -0.25) is 4.68 Å². The zero-order valence-electron chi connectivity index (χ0n) is 8.70. The summed E-state index contributed by atoms with van der Waals surface area (Å²) in [5, 5.41) is 7.51. The van der Waals surface area contributed by atoms with Crippen LogP contribution in [0.4, 0.5) is 0 Å². The first-order chi connectivity index (χ1) is 7.65. The first-order valence-corrected chi connectivity index (χ1v) is 7.17. The van der Waals surface area contributed by atoms with Gasteiger partial charge in [0.05, 0.1) is 9.98 Å². The standard InChI is InChI=1S/C10H11Br2N3S/c1-15-6-7(4-14-15)3-13-5-8-2-9(11)10(12)16-8/h2,4,6,13H,3,5H2,1H3. The normalized spacial score (nSPS) is 10.9. The lowest BCUT2D eigenvalue weighted by molar-refractivity contribution is 0.699. The molecule has 0 bridgehead atoms. The molecule has 1 N–H and O–H groups in total. The number of hydrogen-bond donors (Lipinski definition) is 1. The molecule has 0 saturated heterocycles. The van der Waals surface area contributed by atoms with Crippen LogP contribution in [0.15, 0.2) is 26.7 Å². The first kappa shape index (κ1) is 12.3. The van der Waals surface area contributed by atoms with Gasteiger partial charge in [-0.2, -0.15) is 5.10 Å². The van der Waals surface area contributed by atoms with Gasteiger partial charge in [0.15, 0.2) is 0 Å². The van der Waals surface area contributed by atoms with E-state index < -0.39 is 0 Å². The molecule has 0 saturated carbocycles. The van der Waals surface area contributed by atoms with Crippen LogP contribution in [0.3, 0.4) is 0 Å². The Labute approximate surface area is 115 Å². The van der Waals surface area contributed by atoms with Crippen LogP contribution in [0.5, 0.6) is 0 Å². The molecule has 0 aliphatic heterocycles. The van der Waals surface area contributed by atoms with E-state index in [0.29, 0.717) is 0 Å². The monoisotopic (exact) mass is 363 g/mol. The van der Waals surface area contributed by atoms with Crippen molar-refractivity contribution >= 4 is 43.2 Å². The topological polar surface area (TPSA) is 29.9 Å². The molecule has 86 valence electrons. The number of nitrogens with one attached hydrogen (secondary N) is 1. The summed E-state index contributed by atoms with van der Waals surface area (Å²) in [5.74, 6) is 0. The average Bonchev–Trinajstić information content (AvgIpc) is 2.75. The Balaban J connectivity index is 1.84. The largest absolute Gasteiger partial charge is 0.308 e. The van der Waals surface area contributed by atoms with Crippen LogP contribution in [-0.4, -0.2) is 9.78 Å². The maximum Gasteiger partial charge on any atom is 0.0843 e. The minimum Gasteiger partial charge on any atom is -0.308 e. The highest BCUT2D eigenvalue weighted by Gasteiger charge is 2.03. The molecule has 0 fully saturated rings. The molecule has 2 aromatic rings. The van der Waals surface area contributed by atoms with Crippen molar-refractivity contribution in [2.45, 2.75) is 13.1 Å². The van der Waals surface area contributed by atoms with Crippen molar-refractivity contribution in [1.82, 2.24) is 15.1 Å². The van der Waals surface area contributed by atoms with Gasteiger partial charge >= 0.3 is 0 Å². The molecule has 0 radical (unpaired) electrons. The molecule has 0 unspecified atom stereocenters. The summed E-state index contributed by atoms with van der Waals surface area (Å²) in [5.41, 5.74) is 1.21. The second kappa shape index (κ2) is 5.44. The van der Waals surface area contributed by atoms with Gasteiger partial charge in [-0.25, -0.2) is 0 Å². The SMILES string of the molecule is Cn1cc(CNCc2cc(Br)c(Br)s2)cn1. The number of halogens is 2. The molecule has 2 rings (SSSR count). The minimum absolute atomic E-state index is 0.848. The fourth-order valence-corrected chi connectivity index (χ4v) is 3.52. The lowest BCUT2D eigenvalue weighted by Crippen LogP contribution is -2.11. The smallest absolute Gasteiger partial charge is 0.0843 e. The highest BCUT2D eigenvalue weighted by Crippen LogP contribution is 2.32. The third-order valence-electron chi connectivity index (χ3n) is 2.08. The van der Waals surface area contributed by atoms with Gasteiger partial charge in [0.25, 0.3) is 0 Å². The van der Waals surface area contributed by atoms with Crippen LogP contribution in [0.2, 0.25) is 0 Å². The Morgan fingerprint density at radius 1 is 1.44 bits per heavy atom. The minimum atomic E-state index is 0.848. The van der Waals surface area contributed by atoms with Gasteiger partial charge in [-0.1, -0.05) is 0 Å². The van der Waals surface area contributed by atoms with Gasteiger partial charge in [0.1, 0.15) is 0 Å². The second-order valence-electron chi connectivity index (χ2n) is 3.46. The van der Waals surface area contributed by atoms with Crippen LogP contribution in [-0.2, 0) is 20.1 Å². The molecule has 2 aromatic heterocycles. The van der Waals surface area contributed by atoms with E-state index in [1.54, 1.807) is 11.3 Å².